The van der Waals surface area contributed by atoms with Crippen molar-refractivity contribution in [3.8, 4) is 44.6 Å². The highest BCUT2D eigenvalue weighted by molar-refractivity contribution is 7.28. The fraction of sp³-hybridized carbons (Fsp3) is 0.0698. The Morgan fingerprint density at radius 1 is 0.385 bits per heavy atom. The molecule has 36 radical (unpaired) electrons. The summed E-state index contributed by atoms with van der Waals surface area (Å²) >= 11 is 2.62. The lowest BCUT2D eigenvalue weighted by molar-refractivity contribution is 0.669. The van der Waals surface area contributed by atoms with E-state index >= 15 is 0 Å². The van der Waals surface area contributed by atoms with Crippen LogP contribution < -0.4 is 98.3 Å². The molecular weight excluding hydrogens is 803 g/mol. The molecule has 9 aromatic rings. The topological polar surface area (TPSA) is 25.8 Å². The third-order valence-electron chi connectivity index (χ3n) is 13.1. The lowest BCUT2D eigenvalue weighted by Crippen LogP contribution is -2.51. The van der Waals surface area contributed by atoms with Gasteiger partial charge in [-0.2, -0.15) is 0 Å². The van der Waals surface area contributed by atoms with E-state index < -0.39 is 5.41 Å². The molecule has 3 heterocycles. The Balaban J connectivity index is 1.20. The molecule has 0 aliphatic heterocycles. The first-order chi connectivity index (χ1) is 30.6. The van der Waals surface area contributed by atoms with E-state index in [1.165, 1.54) is 29.0 Å². The van der Waals surface area contributed by atoms with E-state index in [0.717, 1.165) is 10.1 Å². The van der Waals surface area contributed by atoms with E-state index in [1.807, 2.05) is 32.0 Å². The van der Waals surface area contributed by atoms with Gasteiger partial charge >= 0.3 is 0 Å². The maximum atomic E-state index is 7.18. The summed E-state index contributed by atoms with van der Waals surface area (Å²) in [4.78, 5) is 9.47. The number of hydrogen-bond donors (Lipinski definition) is 0. The second kappa shape index (κ2) is 15.0. The molecule has 3 aromatic heterocycles. The smallest absolute Gasteiger partial charge is 0.116 e. The molecule has 0 N–H and O–H groups in total. The molecule has 22 heteroatoms. The number of aromatic nitrogens is 2. The molecule has 1 aliphatic rings. The Hall–Kier alpha value is -3.99. The van der Waals surface area contributed by atoms with Gasteiger partial charge in [0, 0.05) is 24.9 Å². The first-order valence-corrected chi connectivity index (χ1v) is 21.3. The van der Waals surface area contributed by atoms with E-state index in [9.17, 15) is 0 Å². The van der Waals surface area contributed by atoms with Crippen molar-refractivity contribution in [3.05, 3.63) is 35.7 Å². The number of rotatable bonds is 3. The molecule has 0 unspecified atom stereocenters. The standard InChI is InChI=1S/C43H10B18N2S2/c1-43(2)18-11(12-19(43)30(54)35(59)33(57)24(12)48)23(47)22(46)10(21(18)45)7-3-4-9-8(5-7)38-42(64-9)39(63-6-62-38)17-20(44)13(25(49)31(55)29(17)53)14-26(50)32(56)27(51)15-16-28(52)34(58)36(60)37(61)41(16)65-40(14)15/h3-6H,1-2H3. The SMILES string of the molecule is [B]c1c([B])c(-c2ncnc3c2sc2ccc(-c4c([B])c([B])c5c(c4[B])C(C)(C)c4c([B])c([B])c([B])c([B])c4-5)cc23)c([B])c(-c2c([B])c([B])c([B])c3c2sc2c([B])c([B])c([B])c([B])c23)c1[B]. The van der Waals surface area contributed by atoms with Crippen molar-refractivity contribution < 1.29 is 0 Å². The van der Waals surface area contributed by atoms with Crippen LogP contribution in [0.1, 0.15) is 25.0 Å². The second-order valence-corrected chi connectivity index (χ2v) is 18.9. The first-order valence-electron chi connectivity index (χ1n) is 19.7. The van der Waals surface area contributed by atoms with Crippen LogP contribution in [-0.4, -0.2) is 151 Å². The van der Waals surface area contributed by atoms with Crippen LogP contribution in [0.5, 0.6) is 0 Å². The summed E-state index contributed by atoms with van der Waals surface area (Å²) in [6, 6.07) is 5.78. The average molecular weight is 813 g/mol. The molecule has 0 saturated carbocycles. The maximum Gasteiger partial charge on any atom is 0.116 e. The summed E-state index contributed by atoms with van der Waals surface area (Å²) in [5, 5.41) is 1.63. The highest BCUT2D eigenvalue weighted by Gasteiger charge is 2.41. The zero-order valence-corrected chi connectivity index (χ0v) is 36.5. The van der Waals surface area contributed by atoms with E-state index in [4.69, 9.17) is 151 Å². The lowest BCUT2D eigenvalue weighted by Gasteiger charge is -2.29. The van der Waals surface area contributed by atoms with Crippen molar-refractivity contribution in [1.29, 1.82) is 0 Å². The van der Waals surface area contributed by atoms with Crippen molar-refractivity contribution in [3.63, 3.8) is 0 Å². The molecule has 0 saturated heterocycles. The molecule has 0 atom stereocenters. The highest BCUT2D eigenvalue weighted by Crippen LogP contribution is 2.46. The fourth-order valence-electron chi connectivity index (χ4n) is 9.80. The van der Waals surface area contributed by atoms with E-state index in [1.54, 1.807) is 0 Å². The van der Waals surface area contributed by atoms with Gasteiger partial charge in [-0.25, -0.2) is 9.97 Å². The molecule has 65 heavy (non-hydrogen) atoms. The fourth-order valence-corrected chi connectivity index (χ4v) is 12.3. The van der Waals surface area contributed by atoms with Crippen LogP contribution in [0.2, 0.25) is 0 Å². The van der Waals surface area contributed by atoms with Gasteiger partial charge in [0.1, 0.15) is 148 Å². The lowest BCUT2D eigenvalue weighted by atomic mass is 9.60. The summed E-state index contributed by atoms with van der Waals surface area (Å²) in [6.07, 6.45) is 1.41. The number of fused-ring (bicyclic) bond motifs is 9. The number of nitrogens with zero attached hydrogens (tertiary/aromatic N) is 2. The largest absolute Gasteiger partial charge is 0.235 e. The Kier molecular flexibility index (Phi) is 10.3. The van der Waals surface area contributed by atoms with Crippen LogP contribution in [0.25, 0.3) is 85.1 Å². The highest BCUT2D eigenvalue weighted by atomic mass is 32.1. The summed E-state index contributed by atoms with van der Waals surface area (Å²) in [6.45, 7) is 3.94. The molecule has 6 aromatic carbocycles. The van der Waals surface area contributed by atoms with Gasteiger partial charge in [-0.3, -0.25) is 0 Å². The first kappa shape index (κ1) is 44.8. The molecule has 0 spiro atoms. The van der Waals surface area contributed by atoms with Gasteiger partial charge in [0.15, 0.2) is 0 Å². The van der Waals surface area contributed by atoms with Gasteiger partial charge in [0.2, 0.25) is 0 Å². The summed E-state index contributed by atoms with van der Waals surface area (Å²) in [5.74, 6) is 0. The van der Waals surface area contributed by atoms with Crippen LogP contribution in [0.15, 0.2) is 24.5 Å². The van der Waals surface area contributed by atoms with Crippen LogP contribution >= 0.6 is 22.7 Å². The van der Waals surface area contributed by atoms with Crippen molar-refractivity contribution >= 4 is 303 Å². The molecule has 0 fully saturated rings. The normalized spacial score (nSPS) is 13.1. The Bertz CT molecular complexity index is 3740. The quantitative estimate of drug-likeness (QED) is 0.166. The van der Waals surface area contributed by atoms with E-state index in [-0.39, 0.29) is 98.5 Å². The minimum atomic E-state index is -0.791. The Morgan fingerprint density at radius 3 is 1.52 bits per heavy atom. The molecule has 1 aliphatic carbocycles. The van der Waals surface area contributed by atoms with Crippen LogP contribution in [0.3, 0.4) is 0 Å². The molecule has 258 valence electrons. The third-order valence-corrected chi connectivity index (χ3v) is 15.5. The predicted octanol–water partition coefficient (Wildman–Crippen LogP) is -9.19. The molecule has 10 rings (SSSR count). The maximum absolute atomic E-state index is 7.18. The van der Waals surface area contributed by atoms with Gasteiger partial charge in [-0.15, -0.1) is 55.5 Å². The minimum absolute atomic E-state index is 0.0232. The van der Waals surface area contributed by atoms with Crippen molar-refractivity contribution in [2.24, 2.45) is 0 Å². The van der Waals surface area contributed by atoms with E-state index in [0.29, 0.717) is 86.0 Å². The molecule has 2 nitrogen and oxygen atoms in total. The summed E-state index contributed by atoms with van der Waals surface area (Å²) in [7, 11) is 120. The number of benzene rings is 6. The van der Waals surface area contributed by atoms with Crippen LogP contribution in [-0.2, 0) is 5.41 Å². The minimum Gasteiger partial charge on any atom is -0.235 e. The van der Waals surface area contributed by atoms with Crippen LogP contribution in [0, 0.1) is 0 Å². The van der Waals surface area contributed by atoms with Gasteiger partial charge in [-0.1, -0.05) is 85.5 Å². The van der Waals surface area contributed by atoms with Gasteiger partial charge in [0.25, 0.3) is 0 Å². The zero-order chi connectivity index (χ0) is 46.9. The van der Waals surface area contributed by atoms with Crippen molar-refractivity contribution in [2.45, 2.75) is 19.3 Å². The monoisotopic (exact) mass is 816 g/mol. The Morgan fingerprint density at radius 2 is 0.862 bits per heavy atom. The predicted molar refractivity (Wildman–Crippen MR) is 299 cm³/mol. The van der Waals surface area contributed by atoms with Gasteiger partial charge in [-0.05, 0) is 73.0 Å². The zero-order valence-electron chi connectivity index (χ0n) is 34.9. The molecule has 0 bridgehead atoms. The summed E-state index contributed by atoms with van der Waals surface area (Å²) < 4.78 is 2.48. The molecular formula is C43H10B18N2S2. The van der Waals surface area contributed by atoms with Crippen molar-refractivity contribution in [1.82, 2.24) is 9.97 Å². The summed E-state index contributed by atoms with van der Waals surface area (Å²) in [5.41, 5.74) is 7.54. The molecule has 0 amide bonds. The van der Waals surface area contributed by atoms with Gasteiger partial charge < -0.3 is 0 Å². The third kappa shape index (κ3) is 5.77. The number of hydrogen-bond acceptors (Lipinski definition) is 4. The van der Waals surface area contributed by atoms with Crippen LogP contribution in [0.4, 0.5) is 0 Å². The van der Waals surface area contributed by atoms with Crippen molar-refractivity contribution in [2.75, 3.05) is 0 Å². The van der Waals surface area contributed by atoms with E-state index in [2.05, 4.69) is 0 Å². The van der Waals surface area contributed by atoms with Gasteiger partial charge in [0.05, 0.1) is 15.9 Å². The average Bonchev–Trinajstić information content (AvgIpc) is 3.93. The second-order valence-electron chi connectivity index (χ2n) is 16.8. The number of thiophene rings is 2. The Labute approximate surface area is 409 Å².